The van der Waals surface area contributed by atoms with E-state index in [9.17, 15) is 0 Å². The van der Waals surface area contributed by atoms with E-state index in [2.05, 4.69) is 44.1 Å². The van der Waals surface area contributed by atoms with Crippen LogP contribution in [0.1, 0.15) is 18.2 Å². The van der Waals surface area contributed by atoms with Gasteiger partial charge in [0.05, 0.1) is 5.69 Å². The van der Waals surface area contributed by atoms with Crippen LogP contribution < -0.4 is 10.1 Å². The van der Waals surface area contributed by atoms with Crippen molar-refractivity contribution in [2.45, 2.75) is 26.1 Å². The standard InChI is InChI=1S/C18H22BrN3O/c1-14-11-22(9-8-20-14)12-15-10-16(19)5-6-18(15)23-13-17-4-2-3-7-21-17/h2-7,10,14,20H,8-9,11-13H2,1H3/t14-/m0/s1. The lowest BCUT2D eigenvalue weighted by Gasteiger charge is -2.32. The SMILES string of the molecule is C[C@H]1CN(Cc2cc(Br)ccc2OCc2ccccn2)CCN1. The van der Waals surface area contributed by atoms with E-state index >= 15 is 0 Å². The summed E-state index contributed by atoms with van der Waals surface area (Å²) in [4.78, 5) is 6.78. The van der Waals surface area contributed by atoms with Crippen LogP contribution in [0.3, 0.4) is 0 Å². The number of aromatic nitrogens is 1. The van der Waals surface area contributed by atoms with Gasteiger partial charge >= 0.3 is 0 Å². The molecule has 2 heterocycles. The van der Waals surface area contributed by atoms with Gasteiger partial charge < -0.3 is 10.1 Å². The topological polar surface area (TPSA) is 37.4 Å². The second-order valence-electron chi connectivity index (χ2n) is 5.95. The van der Waals surface area contributed by atoms with Crippen molar-refractivity contribution in [2.24, 2.45) is 0 Å². The van der Waals surface area contributed by atoms with Crippen molar-refractivity contribution >= 4 is 15.9 Å². The maximum Gasteiger partial charge on any atom is 0.130 e. The Morgan fingerprint density at radius 1 is 1.35 bits per heavy atom. The molecule has 1 aliphatic rings. The summed E-state index contributed by atoms with van der Waals surface area (Å²) < 4.78 is 7.11. The fraction of sp³-hybridized carbons (Fsp3) is 0.389. The van der Waals surface area contributed by atoms with E-state index in [4.69, 9.17) is 4.74 Å². The molecule has 3 rings (SSSR count). The molecule has 0 radical (unpaired) electrons. The molecule has 1 N–H and O–H groups in total. The van der Waals surface area contributed by atoms with E-state index in [1.54, 1.807) is 6.20 Å². The van der Waals surface area contributed by atoms with Crippen LogP contribution >= 0.6 is 15.9 Å². The Hall–Kier alpha value is -1.43. The average molecular weight is 376 g/mol. The van der Waals surface area contributed by atoms with Crippen LogP contribution in [0.15, 0.2) is 47.1 Å². The maximum atomic E-state index is 6.02. The Kier molecular flexibility index (Phi) is 5.65. The third-order valence-electron chi connectivity index (χ3n) is 3.97. The number of halogens is 1. The Balaban J connectivity index is 1.69. The summed E-state index contributed by atoms with van der Waals surface area (Å²) in [6.07, 6.45) is 1.79. The maximum absolute atomic E-state index is 6.02. The lowest BCUT2D eigenvalue weighted by atomic mass is 10.1. The first kappa shape index (κ1) is 16.4. The number of hydrogen-bond donors (Lipinski definition) is 1. The number of nitrogens with one attached hydrogen (secondary N) is 1. The summed E-state index contributed by atoms with van der Waals surface area (Å²) in [6.45, 7) is 6.80. The summed E-state index contributed by atoms with van der Waals surface area (Å²) in [6, 6.07) is 12.6. The van der Waals surface area contributed by atoms with Crippen molar-refractivity contribution in [1.82, 2.24) is 15.2 Å². The van der Waals surface area contributed by atoms with Crippen LogP contribution in [0.5, 0.6) is 5.75 Å². The van der Waals surface area contributed by atoms with E-state index in [1.165, 1.54) is 5.56 Å². The number of ether oxygens (including phenoxy) is 1. The summed E-state index contributed by atoms with van der Waals surface area (Å²) in [7, 11) is 0. The zero-order valence-electron chi connectivity index (χ0n) is 13.3. The van der Waals surface area contributed by atoms with Gasteiger partial charge in [-0.25, -0.2) is 0 Å². The molecule has 1 aliphatic heterocycles. The summed E-state index contributed by atoms with van der Waals surface area (Å²) in [5.41, 5.74) is 2.15. The molecule has 5 heteroatoms. The molecular formula is C18H22BrN3O. The molecule has 1 aromatic carbocycles. The van der Waals surface area contributed by atoms with E-state index in [1.807, 2.05) is 30.3 Å². The fourth-order valence-electron chi connectivity index (χ4n) is 2.84. The van der Waals surface area contributed by atoms with Gasteiger partial charge in [0, 0.05) is 48.5 Å². The summed E-state index contributed by atoms with van der Waals surface area (Å²) in [5, 5.41) is 3.48. The number of rotatable bonds is 5. The molecule has 122 valence electrons. The summed E-state index contributed by atoms with van der Waals surface area (Å²) in [5.74, 6) is 0.935. The minimum absolute atomic E-state index is 0.493. The van der Waals surface area contributed by atoms with Gasteiger partial charge in [0.1, 0.15) is 12.4 Å². The number of pyridine rings is 1. The van der Waals surface area contributed by atoms with Crippen molar-refractivity contribution in [3.63, 3.8) is 0 Å². The first-order valence-electron chi connectivity index (χ1n) is 7.97. The van der Waals surface area contributed by atoms with Gasteiger partial charge in [-0.1, -0.05) is 22.0 Å². The highest BCUT2D eigenvalue weighted by atomic mass is 79.9. The molecule has 0 spiro atoms. The molecular weight excluding hydrogens is 354 g/mol. The third kappa shape index (κ3) is 4.77. The first-order chi connectivity index (χ1) is 11.2. The van der Waals surface area contributed by atoms with Crippen LogP contribution in [0, 0.1) is 0 Å². The molecule has 2 aromatic rings. The van der Waals surface area contributed by atoms with Gasteiger partial charge in [0.2, 0.25) is 0 Å². The Morgan fingerprint density at radius 3 is 3.04 bits per heavy atom. The zero-order valence-corrected chi connectivity index (χ0v) is 14.9. The molecule has 1 saturated heterocycles. The molecule has 0 bridgehead atoms. The Bertz CT molecular complexity index is 635. The number of benzene rings is 1. The molecule has 1 fully saturated rings. The lowest BCUT2D eigenvalue weighted by molar-refractivity contribution is 0.195. The Morgan fingerprint density at radius 2 is 2.26 bits per heavy atom. The number of nitrogens with zero attached hydrogens (tertiary/aromatic N) is 2. The fourth-order valence-corrected chi connectivity index (χ4v) is 3.25. The molecule has 1 aromatic heterocycles. The molecule has 0 amide bonds. The van der Waals surface area contributed by atoms with Gasteiger partial charge in [0.25, 0.3) is 0 Å². The molecule has 0 unspecified atom stereocenters. The minimum atomic E-state index is 0.493. The van der Waals surface area contributed by atoms with Crippen molar-refractivity contribution < 1.29 is 4.74 Å². The normalized spacial score (nSPS) is 18.8. The first-order valence-corrected chi connectivity index (χ1v) is 8.77. The van der Waals surface area contributed by atoms with Crippen LogP contribution in [-0.4, -0.2) is 35.6 Å². The Labute approximate surface area is 146 Å². The number of hydrogen-bond acceptors (Lipinski definition) is 4. The highest BCUT2D eigenvalue weighted by molar-refractivity contribution is 9.10. The van der Waals surface area contributed by atoms with Crippen LogP contribution in [0.2, 0.25) is 0 Å². The van der Waals surface area contributed by atoms with Gasteiger partial charge in [-0.3, -0.25) is 9.88 Å². The van der Waals surface area contributed by atoms with Gasteiger partial charge in [-0.15, -0.1) is 0 Å². The van der Waals surface area contributed by atoms with Gasteiger partial charge in [-0.05, 0) is 37.3 Å². The van der Waals surface area contributed by atoms with E-state index < -0.39 is 0 Å². The van der Waals surface area contributed by atoms with Crippen LogP contribution in [0.25, 0.3) is 0 Å². The average Bonchev–Trinajstić information content (AvgIpc) is 2.55. The summed E-state index contributed by atoms with van der Waals surface area (Å²) >= 11 is 3.57. The van der Waals surface area contributed by atoms with Crippen molar-refractivity contribution in [1.29, 1.82) is 0 Å². The van der Waals surface area contributed by atoms with E-state index in [0.29, 0.717) is 12.6 Å². The van der Waals surface area contributed by atoms with Crippen molar-refractivity contribution in [3.05, 3.63) is 58.3 Å². The second kappa shape index (κ2) is 7.90. The third-order valence-corrected chi connectivity index (χ3v) is 4.46. The van der Waals surface area contributed by atoms with E-state index in [0.717, 1.165) is 42.1 Å². The molecule has 23 heavy (non-hydrogen) atoms. The predicted molar refractivity (Wildman–Crippen MR) is 95.5 cm³/mol. The van der Waals surface area contributed by atoms with Crippen LogP contribution in [0.4, 0.5) is 0 Å². The molecule has 0 aliphatic carbocycles. The molecule has 0 saturated carbocycles. The van der Waals surface area contributed by atoms with Gasteiger partial charge in [0.15, 0.2) is 0 Å². The quantitative estimate of drug-likeness (QED) is 0.870. The molecule has 1 atom stereocenters. The smallest absolute Gasteiger partial charge is 0.130 e. The zero-order chi connectivity index (χ0) is 16.1. The van der Waals surface area contributed by atoms with Crippen molar-refractivity contribution in [3.8, 4) is 5.75 Å². The molecule has 4 nitrogen and oxygen atoms in total. The van der Waals surface area contributed by atoms with E-state index in [-0.39, 0.29) is 0 Å². The lowest BCUT2D eigenvalue weighted by Crippen LogP contribution is -2.48. The van der Waals surface area contributed by atoms with Gasteiger partial charge in [-0.2, -0.15) is 0 Å². The van der Waals surface area contributed by atoms with Crippen molar-refractivity contribution in [2.75, 3.05) is 19.6 Å². The predicted octanol–water partition coefficient (Wildman–Crippen LogP) is 3.22. The highest BCUT2D eigenvalue weighted by Crippen LogP contribution is 2.25. The second-order valence-corrected chi connectivity index (χ2v) is 6.87. The van der Waals surface area contributed by atoms with Crippen LogP contribution in [-0.2, 0) is 13.2 Å². The number of piperazine rings is 1. The minimum Gasteiger partial charge on any atom is -0.487 e. The highest BCUT2D eigenvalue weighted by Gasteiger charge is 2.17. The largest absolute Gasteiger partial charge is 0.487 e. The monoisotopic (exact) mass is 375 g/mol.